The lowest BCUT2D eigenvalue weighted by molar-refractivity contribution is -0.384. The average molecular weight is 504 g/mol. The molecular formula is C15H12Br2N4O4S. The van der Waals surface area contributed by atoms with E-state index in [1.165, 1.54) is 31.4 Å². The first-order valence-electron chi connectivity index (χ1n) is 6.96. The van der Waals surface area contributed by atoms with Gasteiger partial charge in [0.2, 0.25) is 0 Å². The van der Waals surface area contributed by atoms with Crippen LogP contribution in [0.3, 0.4) is 0 Å². The average Bonchev–Trinajstić information content (AvgIpc) is 2.59. The summed E-state index contributed by atoms with van der Waals surface area (Å²) in [6, 6.07) is 9.05. The zero-order valence-corrected chi connectivity index (χ0v) is 17.2. The second-order valence-electron chi connectivity index (χ2n) is 4.81. The number of rotatable bonds is 5. The highest BCUT2D eigenvalue weighted by Gasteiger charge is 2.17. The zero-order valence-electron chi connectivity index (χ0n) is 13.2. The van der Waals surface area contributed by atoms with Gasteiger partial charge in [0.05, 0.1) is 27.8 Å². The Labute approximate surface area is 170 Å². The maximum atomic E-state index is 12.4. The Bertz CT molecular complexity index is 861. The molecule has 0 unspecified atom stereocenters. The molecular weight excluding hydrogens is 492 g/mol. The lowest BCUT2D eigenvalue weighted by atomic mass is 10.2. The molecule has 0 saturated heterocycles. The summed E-state index contributed by atoms with van der Waals surface area (Å²) in [4.78, 5) is 22.5. The van der Waals surface area contributed by atoms with Crippen molar-refractivity contribution in [1.82, 2.24) is 10.7 Å². The minimum absolute atomic E-state index is 0.0199. The first kappa shape index (κ1) is 20.1. The molecule has 11 heteroatoms. The number of amides is 1. The molecule has 26 heavy (non-hydrogen) atoms. The van der Waals surface area contributed by atoms with Gasteiger partial charge in [0.15, 0.2) is 5.11 Å². The standard InChI is InChI=1S/C15H12Br2N4O4S/c1-25-13-11(6-8(16)7-12(13)17)14(22)18-15(26)20-19-9-2-4-10(5-3-9)21(23)24/h2-7,19H,1H3,(H2,18,20,22,26). The molecule has 0 aliphatic heterocycles. The molecule has 2 aromatic carbocycles. The predicted molar refractivity (Wildman–Crippen MR) is 108 cm³/mol. The van der Waals surface area contributed by atoms with E-state index in [4.69, 9.17) is 17.0 Å². The molecule has 0 heterocycles. The fourth-order valence-electron chi connectivity index (χ4n) is 1.93. The SMILES string of the molecule is COc1c(Br)cc(Br)cc1C(=O)NC(=S)NNc1ccc([N+](=O)[O-])cc1. The first-order chi connectivity index (χ1) is 12.3. The number of methoxy groups -OCH3 is 1. The number of hydrazine groups is 1. The molecule has 136 valence electrons. The van der Waals surface area contributed by atoms with Gasteiger partial charge in [0, 0.05) is 16.6 Å². The molecule has 0 aromatic heterocycles. The van der Waals surface area contributed by atoms with Crippen molar-refractivity contribution in [2.24, 2.45) is 0 Å². The van der Waals surface area contributed by atoms with Crippen LogP contribution in [0.5, 0.6) is 5.75 Å². The lowest BCUT2D eigenvalue weighted by Crippen LogP contribution is -2.42. The van der Waals surface area contributed by atoms with Crippen molar-refractivity contribution < 1.29 is 14.5 Å². The van der Waals surface area contributed by atoms with E-state index in [-0.39, 0.29) is 16.4 Å². The Morgan fingerprint density at radius 2 is 1.88 bits per heavy atom. The third-order valence-electron chi connectivity index (χ3n) is 3.08. The monoisotopic (exact) mass is 502 g/mol. The molecule has 0 aliphatic rings. The molecule has 2 rings (SSSR count). The van der Waals surface area contributed by atoms with Crippen LogP contribution in [0, 0.1) is 10.1 Å². The van der Waals surface area contributed by atoms with E-state index >= 15 is 0 Å². The van der Waals surface area contributed by atoms with Crippen LogP contribution >= 0.6 is 44.1 Å². The largest absolute Gasteiger partial charge is 0.495 e. The summed E-state index contributed by atoms with van der Waals surface area (Å²) in [6.07, 6.45) is 0. The Hall–Kier alpha value is -2.24. The van der Waals surface area contributed by atoms with E-state index in [2.05, 4.69) is 48.0 Å². The second-order valence-corrected chi connectivity index (χ2v) is 6.98. The number of ether oxygens (including phenoxy) is 1. The highest BCUT2D eigenvalue weighted by molar-refractivity contribution is 9.11. The van der Waals surface area contributed by atoms with Gasteiger partial charge < -0.3 is 4.74 Å². The summed E-state index contributed by atoms with van der Waals surface area (Å²) in [5, 5.41) is 13.2. The number of non-ortho nitro benzene ring substituents is 1. The van der Waals surface area contributed by atoms with E-state index in [1.54, 1.807) is 12.1 Å². The van der Waals surface area contributed by atoms with Gasteiger partial charge >= 0.3 is 0 Å². The topological polar surface area (TPSA) is 106 Å². The van der Waals surface area contributed by atoms with Crippen molar-refractivity contribution in [3.05, 3.63) is 61.0 Å². The second kappa shape index (κ2) is 8.92. The number of nitro benzene ring substituents is 1. The van der Waals surface area contributed by atoms with Crippen LogP contribution in [0.2, 0.25) is 0 Å². The Morgan fingerprint density at radius 3 is 2.46 bits per heavy atom. The molecule has 0 bridgehead atoms. The number of thiocarbonyl (C=S) groups is 1. The van der Waals surface area contributed by atoms with Crippen LogP contribution in [0.25, 0.3) is 0 Å². The number of nitrogens with zero attached hydrogens (tertiary/aromatic N) is 1. The summed E-state index contributed by atoms with van der Waals surface area (Å²) in [5.74, 6) is -0.0938. The molecule has 0 fully saturated rings. The maximum absolute atomic E-state index is 12.4. The van der Waals surface area contributed by atoms with E-state index < -0.39 is 10.8 Å². The molecule has 0 aliphatic carbocycles. The highest BCUT2D eigenvalue weighted by atomic mass is 79.9. The number of nitro groups is 1. The van der Waals surface area contributed by atoms with Gasteiger partial charge in [-0.25, -0.2) is 0 Å². The molecule has 0 saturated carbocycles. The van der Waals surface area contributed by atoms with Crippen LogP contribution in [0.1, 0.15) is 10.4 Å². The van der Waals surface area contributed by atoms with Gasteiger partial charge in [-0.1, -0.05) is 15.9 Å². The number of carbonyl (C=O) groups excluding carboxylic acids is 1. The zero-order chi connectivity index (χ0) is 19.3. The van der Waals surface area contributed by atoms with Crippen molar-refractivity contribution in [3.8, 4) is 5.75 Å². The number of nitrogens with one attached hydrogen (secondary N) is 3. The van der Waals surface area contributed by atoms with Crippen LogP contribution in [0.15, 0.2) is 45.3 Å². The highest BCUT2D eigenvalue weighted by Crippen LogP contribution is 2.32. The molecule has 0 spiro atoms. The van der Waals surface area contributed by atoms with Gasteiger partial charge in [-0.3, -0.25) is 31.1 Å². The first-order valence-corrected chi connectivity index (χ1v) is 8.96. The molecule has 1 amide bonds. The predicted octanol–water partition coefficient (Wildman–Crippen LogP) is 3.76. The van der Waals surface area contributed by atoms with E-state index in [1.807, 2.05) is 0 Å². The smallest absolute Gasteiger partial charge is 0.269 e. The number of halogens is 2. The van der Waals surface area contributed by atoms with Crippen LogP contribution < -0.4 is 20.9 Å². The normalized spacial score (nSPS) is 9.96. The fourth-order valence-corrected chi connectivity index (χ4v) is 3.46. The summed E-state index contributed by atoms with van der Waals surface area (Å²) in [5.41, 5.74) is 6.16. The Balaban J connectivity index is 1.99. The van der Waals surface area contributed by atoms with E-state index in [9.17, 15) is 14.9 Å². The number of hydrogen-bond donors (Lipinski definition) is 3. The Morgan fingerprint density at radius 1 is 1.23 bits per heavy atom. The quantitative estimate of drug-likeness (QED) is 0.324. The van der Waals surface area contributed by atoms with Crippen molar-refractivity contribution in [2.45, 2.75) is 0 Å². The van der Waals surface area contributed by atoms with Crippen molar-refractivity contribution >= 4 is 66.5 Å². The molecule has 0 atom stereocenters. The fraction of sp³-hybridized carbons (Fsp3) is 0.0667. The van der Waals surface area contributed by atoms with Crippen molar-refractivity contribution in [1.29, 1.82) is 0 Å². The number of carbonyl (C=O) groups is 1. The summed E-state index contributed by atoms with van der Waals surface area (Å²) in [7, 11) is 1.46. The minimum Gasteiger partial charge on any atom is -0.495 e. The van der Waals surface area contributed by atoms with Crippen LogP contribution in [0.4, 0.5) is 11.4 Å². The maximum Gasteiger partial charge on any atom is 0.269 e. The molecule has 2 aromatic rings. The summed E-state index contributed by atoms with van der Waals surface area (Å²) in [6.45, 7) is 0. The van der Waals surface area contributed by atoms with Gasteiger partial charge in [-0.15, -0.1) is 0 Å². The molecule has 0 radical (unpaired) electrons. The summed E-state index contributed by atoms with van der Waals surface area (Å²) >= 11 is 11.7. The van der Waals surface area contributed by atoms with E-state index in [0.29, 0.717) is 20.4 Å². The van der Waals surface area contributed by atoms with E-state index in [0.717, 1.165) is 0 Å². The van der Waals surface area contributed by atoms with Crippen LogP contribution in [-0.2, 0) is 0 Å². The van der Waals surface area contributed by atoms with Gasteiger partial charge in [0.1, 0.15) is 5.75 Å². The molecule has 3 N–H and O–H groups in total. The van der Waals surface area contributed by atoms with Crippen LogP contribution in [-0.4, -0.2) is 23.1 Å². The molecule has 8 nitrogen and oxygen atoms in total. The lowest BCUT2D eigenvalue weighted by Gasteiger charge is -2.14. The van der Waals surface area contributed by atoms with Crippen molar-refractivity contribution in [3.63, 3.8) is 0 Å². The number of benzene rings is 2. The third kappa shape index (κ3) is 5.13. The van der Waals surface area contributed by atoms with Gasteiger partial charge in [0.25, 0.3) is 11.6 Å². The third-order valence-corrected chi connectivity index (χ3v) is 4.33. The number of hydrogen-bond acceptors (Lipinski definition) is 6. The van der Waals surface area contributed by atoms with Gasteiger partial charge in [-0.05, 0) is 52.4 Å². The Kier molecular flexibility index (Phi) is 6.89. The minimum atomic E-state index is -0.494. The van der Waals surface area contributed by atoms with Gasteiger partial charge in [-0.2, -0.15) is 0 Å². The van der Waals surface area contributed by atoms with Crippen molar-refractivity contribution in [2.75, 3.05) is 12.5 Å². The number of anilines is 1. The summed E-state index contributed by atoms with van der Waals surface area (Å²) < 4.78 is 6.54.